The van der Waals surface area contributed by atoms with Crippen molar-refractivity contribution in [3.8, 4) is 0 Å². The van der Waals surface area contributed by atoms with Gasteiger partial charge in [-0.15, -0.1) is 12.4 Å². The van der Waals surface area contributed by atoms with E-state index in [4.69, 9.17) is 4.74 Å². The zero-order valence-electron chi connectivity index (χ0n) is 12.1. The molecular formula is C15H21ClN2O3. The molecule has 21 heavy (non-hydrogen) atoms. The second kappa shape index (κ2) is 8.64. The second-order valence-electron chi connectivity index (χ2n) is 4.78. The third-order valence-corrected chi connectivity index (χ3v) is 3.28. The summed E-state index contributed by atoms with van der Waals surface area (Å²) >= 11 is 0. The number of carbonyl (C=O) groups is 2. The first-order valence-corrected chi connectivity index (χ1v) is 6.92. The molecule has 0 saturated carbocycles. The molecule has 1 atom stereocenters. The summed E-state index contributed by atoms with van der Waals surface area (Å²) in [4.78, 5) is 25.5. The van der Waals surface area contributed by atoms with E-state index in [2.05, 4.69) is 5.32 Å². The molecule has 1 heterocycles. The van der Waals surface area contributed by atoms with Gasteiger partial charge in [0.05, 0.1) is 12.6 Å². The van der Waals surface area contributed by atoms with Crippen LogP contribution in [0.4, 0.5) is 0 Å². The zero-order chi connectivity index (χ0) is 14.4. The number of nitrogens with one attached hydrogen (secondary N) is 1. The second-order valence-corrected chi connectivity index (χ2v) is 4.78. The van der Waals surface area contributed by atoms with Gasteiger partial charge >= 0.3 is 5.97 Å². The van der Waals surface area contributed by atoms with Crippen molar-refractivity contribution in [1.82, 2.24) is 10.2 Å². The Balaban J connectivity index is 0.00000220. The molecule has 1 unspecified atom stereocenters. The minimum Gasteiger partial charge on any atom is -0.465 e. The van der Waals surface area contributed by atoms with Crippen LogP contribution in [0.1, 0.15) is 18.9 Å². The largest absolute Gasteiger partial charge is 0.465 e. The molecule has 5 nitrogen and oxygen atoms in total. The molecule has 1 aliphatic heterocycles. The van der Waals surface area contributed by atoms with Crippen molar-refractivity contribution in [2.75, 3.05) is 19.7 Å². The van der Waals surface area contributed by atoms with Crippen molar-refractivity contribution in [1.29, 1.82) is 0 Å². The highest BCUT2D eigenvalue weighted by Gasteiger charge is 2.30. The zero-order valence-corrected chi connectivity index (χ0v) is 12.9. The Hall–Kier alpha value is -1.59. The van der Waals surface area contributed by atoms with Gasteiger partial charge < -0.3 is 15.0 Å². The first kappa shape index (κ1) is 17.5. The van der Waals surface area contributed by atoms with Crippen molar-refractivity contribution in [3.05, 3.63) is 35.9 Å². The maximum Gasteiger partial charge on any atom is 0.325 e. The van der Waals surface area contributed by atoms with Gasteiger partial charge in [-0.1, -0.05) is 30.3 Å². The summed E-state index contributed by atoms with van der Waals surface area (Å²) in [5.41, 5.74) is 1.00. The summed E-state index contributed by atoms with van der Waals surface area (Å²) in [6.45, 7) is 3.37. The molecule has 1 saturated heterocycles. The van der Waals surface area contributed by atoms with Gasteiger partial charge in [-0.05, 0) is 25.5 Å². The van der Waals surface area contributed by atoms with Crippen LogP contribution in [-0.2, 0) is 20.9 Å². The molecule has 0 bridgehead atoms. The number of ether oxygens (including phenoxy) is 1. The van der Waals surface area contributed by atoms with Gasteiger partial charge in [0.15, 0.2) is 0 Å². The Kier molecular flexibility index (Phi) is 7.19. The third kappa shape index (κ3) is 5.02. The quantitative estimate of drug-likeness (QED) is 0.806. The van der Waals surface area contributed by atoms with Gasteiger partial charge in [0, 0.05) is 6.54 Å². The van der Waals surface area contributed by atoms with Gasteiger partial charge in [-0.3, -0.25) is 9.59 Å². The highest BCUT2D eigenvalue weighted by Crippen LogP contribution is 2.11. The van der Waals surface area contributed by atoms with Gasteiger partial charge in [-0.2, -0.15) is 0 Å². The molecule has 0 aliphatic carbocycles. The van der Waals surface area contributed by atoms with Crippen LogP contribution in [0.3, 0.4) is 0 Å². The molecule has 6 heteroatoms. The monoisotopic (exact) mass is 312 g/mol. The fourth-order valence-electron chi connectivity index (χ4n) is 2.10. The van der Waals surface area contributed by atoms with Crippen LogP contribution in [0.5, 0.6) is 0 Å². The standard InChI is InChI=1S/C15H20N2O3.ClH/c1-2-20-14(18)11-17(15(19)13-8-9-16-13)10-12-6-4-3-5-7-12;/h3-7,13,16H,2,8-11H2,1H3;1H. The molecule has 1 fully saturated rings. The van der Waals surface area contributed by atoms with Crippen molar-refractivity contribution in [2.24, 2.45) is 0 Å². The van der Waals surface area contributed by atoms with Crippen LogP contribution < -0.4 is 5.32 Å². The summed E-state index contributed by atoms with van der Waals surface area (Å²) in [5, 5.41) is 3.07. The number of benzene rings is 1. The van der Waals surface area contributed by atoms with Crippen molar-refractivity contribution in [2.45, 2.75) is 25.9 Å². The van der Waals surface area contributed by atoms with E-state index in [9.17, 15) is 9.59 Å². The molecule has 0 aromatic heterocycles. The molecule has 1 amide bonds. The van der Waals surface area contributed by atoms with Crippen molar-refractivity contribution >= 4 is 24.3 Å². The molecule has 2 rings (SSSR count). The predicted molar refractivity (Wildman–Crippen MR) is 82.1 cm³/mol. The number of hydrogen-bond donors (Lipinski definition) is 1. The molecule has 0 spiro atoms. The van der Waals surface area contributed by atoms with Gasteiger partial charge in [0.25, 0.3) is 0 Å². The minimum absolute atomic E-state index is 0. The van der Waals surface area contributed by atoms with Crippen LogP contribution in [0.15, 0.2) is 30.3 Å². The lowest BCUT2D eigenvalue weighted by atomic mass is 10.1. The van der Waals surface area contributed by atoms with Gasteiger partial charge in [0.1, 0.15) is 6.54 Å². The average molecular weight is 313 g/mol. The summed E-state index contributed by atoms with van der Waals surface area (Å²) in [6.07, 6.45) is 0.826. The topological polar surface area (TPSA) is 58.6 Å². The third-order valence-electron chi connectivity index (χ3n) is 3.28. The van der Waals surface area contributed by atoms with Crippen molar-refractivity contribution < 1.29 is 14.3 Å². The summed E-state index contributed by atoms with van der Waals surface area (Å²) < 4.78 is 4.94. The van der Waals surface area contributed by atoms with E-state index in [0.717, 1.165) is 18.5 Å². The number of amides is 1. The number of rotatable bonds is 6. The molecule has 0 radical (unpaired) electrons. The van der Waals surface area contributed by atoms with Crippen LogP contribution in [0, 0.1) is 0 Å². The summed E-state index contributed by atoms with van der Waals surface area (Å²) in [7, 11) is 0. The first-order chi connectivity index (χ1) is 9.70. The Morgan fingerprint density at radius 1 is 1.33 bits per heavy atom. The highest BCUT2D eigenvalue weighted by atomic mass is 35.5. The molecule has 1 aliphatic rings. The average Bonchev–Trinajstić information content (AvgIpc) is 2.37. The van der Waals surface area contributed by atoms with E-state index in [1.54, 1.807) is 11.8 Å². The van der Waals surface area contributed by atoms with Crippen molar-refractivity contribution in [3.63, 3.8) is 0 Å². The Bertz CT molecular complexity index is 463. The molecule has 1 aromatic rings. The lowest BCUT2D eigenvalue weighted by Gasteiger charge is -2.32. The van der Waals surface area contributed by atoms with Crippen LogP contribution in [0.2, 0.25) is 0 Å². The lowest BCUT2D eigenvalue weighted by molar-refractivity contribution is -0.150. The van der Waals surface area contributed by atoms with Gasteiger partial charge in [-0.25, -0.2) is 0 Å². The van der Waals surface area contributed by atoms with E-state index in [1.165, 1.54) is 0 Å². The fraction of sp³-hybridized carbons (Fsp3) is 0.467. The lowest BCUT2D eigenvalue weighted by Crippen LogP contribution is -2.55. The summed E-state index contributed by atoms with van der Waals surface area (Å²) in [5.74, 6) is -0.399. The number of esters is 1. The Morgan fingerprint density at radius 2 is 2.00 bits per heavy atom. The van der Waals surface area contributed by atoms with E-state index in [1.807, 2.05) is 30.3 Å². The molecule has 1 N–H and O–H groups in total. The highest BCUT2D eigenvalue weighted by molar-refractivity contribution is 5.86. The van der Waals surface area contributed by atoms with Gasteiger partial charge in [0.2, 0.25) is 5.91 Å². The number of halogens is 1. The Morgan fingerprint density at radius 3 is 2.52 bits per heavy atom. The fourth-order valence-corrected chi connectivity index (χ4v) is 2.10. The van der Waals surface area contributed by atoms with Crippen LogP contribution in [-0.4, -0.2) is 42.5 Å². The van der Waals surface area contributed by atoms with Crippen LogP contribution >= 0.6 is 12.4 Å². The minimum atomic E-state index is -0.365. The summed E-state index contributed by atoms with van der Waals surface area (Å²) in [6, 6.07) is 9.50. The number of hydrogen-bond acceptors (Lipinski definition) is 4. The first-order valence-electron chi connectivity index (χ1n) is 6.92. The number of carbonyl (C=O) groups excluding carboxylic acids is 2. The molecule has 116 valence electrons. The van der Waals surface area contributed by atoms with Crippen LogP contribution in [0.25, 0.3) is 0 Å². The van der Waals surface area contributed by atoms with E-state index in [0.29, 0.717) is 13.2 Å². The van der Waals surface area contributed by atoms with E-state index in [-0.39, 0.29) is 36.9 Å². The Labute approximate surface area is 131 Å². The SMILES string of the molecule is CCOC(=O)CN(Cc1ccccc1)C(=O)C1CCN1.Cl. The van der Waals surface area contributed by atoms with E-state index < -0.39 is 0 Å². The number of nitrogens with zero attached hydrogens (tertiary/aromatic N) is 1. The van der Waals surface area contributed by atoms with E-state index >= 15 is 0 Å². The molecule has 1 aromatic carbocycles. The normalized spacial score (nSPS) is 16.3. The maximum absolute atomic E-state index is 12.3. The predicted octanol–water partition coefficient (Wildman–Crippen LogP) is 1.36. The molecular weight excluding hydrogens is 292 g/mol. The maximum atomic E-state index is 12.3. The smallest absolute Gasteiger partial charge is 0.325 e.